The minimum Gasteiger partial charge on any atom is -0.494 e. The highest BCUT2D eigenvalue weighted by Crippen LogP contribution is 2.32. The van der Waals surface area contributed by atoms with Crippen molar-refractivity contribution in [1.29, 1.82) is 0 Å². The van der Waals surface area contributed by atoms with Crippen molar-refractivity contribution in [3.8, 4) is 5.75 Å². The molecule has 0 aliphatic heterocycles. The summed E-state index contributed by atoms with van der Waals surface area (Å²) in [5, 5.41) is 3.57. The molecular formula is C17H27NO2. The molecule has 3 nitrogen and oxygen atoms in total. The summed E-state index contributed by atoms with van der Waals surface area (Å²) in [6, 6.07) is 7.12. The zero-order valence-electron chi connectivity index (χ0n) is 12.8. The van der Waals surface area contributed by atoms with Gasteiger partial charge in [-0.2, -0.15) is 0 Å². The van der Waals surface area contributed by atoms with E-state index in [9.17, 15) is 0 Å². The van der Waals surface area contributed by atoms with Crippen molar-refractivity contribution < 1.29 is 9.47 Å². The van der Waals surface area contributed by atoms with Crippen molar-refractivity contribution in [2.45, 2.75) is 45.1 Å². The van der Waals surface area contributed by atoms with E-state index in [2.05, 4.69) is 30.4 Å². The Hall–Kier alpha value is -1.06. The van der Waals surface area contributed by atoms with Crippen LogP contribution in [-0.2, 0) is 11.2 Å². The summed E-state index contributed by atoms with van der Waals surface area (Å²) in [6.07, 6.45) is 5.80. The second kappa shape index (κ2) is 8.28. The van der Waals surface area contributed by atoms with Gasteiger partial charge < -0.3 is 14.8 Å². The quantitative estimate of drug-likeness (QED) is 0.738. The Labute approximate surface area is 122 Å². The highest BCUT2D eigenvalue weighted by molar-refractivity contribution is 5.39. The van der Waals surface area contributed by atoms with Gasteiger partial charge in [-0.15, -0.1) is 0 Å². The summed E-state index contributed by atoms with van der Waals surface area (Å²) >= 11 is 0. The maximum atomic E-state index is 5.84. The second-order valence-electron chi connectivity index (χ2n) is 5.41. The molecule has 0 aromatic heterocycles. The number of hydrogen-bond acceptors (Lipinski definition) is 3. The van der Waals surface area contributed by atoms with E-state index in [1.165, 1.54) is 30.4 Å². The predicted octanol–water partition coefficient (Wildman–Crippen LogP) is 3.48. The lowest BCUT2D eigenvalue weighted by atomic mass is 9.87. The molecule has 112 valence electrons. The molecule has 0 saturated heterocycles. The predicted molar refractivity (Wildman–Crippen MR) is 82.4 cm³/mol. The lowest BCUT2D eigenvalue weighted by Crippen LogP contribution is -2.24. The molecule has 0 amide bonds. The fraction of sp³-hybridized carbons (Fsp3) is 0.647. The minimum absolute atomic E-state index is 0.527. The zero-order valence-corrected chi connectivity index (χ0v) is 12.8. The number of benzene rings is 1. The van der Waals surface area contributed by atoms with E-state index in [0.29, 0.717) is 6.04 Å². The lowest BCUT2D eigenvalue weighted by Gasteiger charge is -2.26. The molecule has 0 saturated carbocycles. The Balaban J connectivity index is 1.90. The van der Waals surface area contributed by atoms with Crippen LogP contribution in [0.25, 0.3) is 0 Å². The van der Waals surface area contributed by atoms with Gasteiger partial charge in [0.05, 0.1) is 6.61 Å². The first-order chi connectivity index (χ1) is 9.85. The first-order valence-electron chi connectivity index (χ1n) is 7.83. The monoisotopic (exact) mass is 277 g/mol. The van der Waals surface area contributed by atoms with Crippen molar-refractivity contribution in [1.82, 2.24) is 5.32 Å². The molecule has 1 unspecified atom stereocenters. The third-order valence-electron chi connectivity index (χ3n) is 3.89. The lowest BCUT2D eigenvalue weighted by molar-refractivity contribution is 0.184. The Kier molecular flexibility index (Phi) is 6.34. The molecule has 3 heteroatoms. The zero-order chi connectivity index (χ0) is 14.2. The Morgan fingerprint density at radius 3 is 2.90 bits per heavy atom. The van der Waals surface area contributed by atoms with Crippen molar-refractivity contribution in [3.05, 3.63) is 29.3 Å². The molecule has 1 N–H and O–H groups in total. The molecule has 0 bridgehead atoms. The molecule has 0 fully saturated rings. The smallest absolute Gasteiger partial charge is 0.119 e. The molecule has 1 aromatic rings. The van der Waals surface area contributed by atoms with Crippen molar-refractivity contribution >= 4 is 0 Å². The van der Waals surface area contributed by atoms with Gasteiger partial charge >= 0.3 is 0 Å². The van der Waals surface area contributed by atoms with Crippen LogP contribution in [0.15, 0.2) is 18.2 Å². The van der Waals surface area contributed by atoms with Crippen LogP contribution in [0, 0.1) is 0 Å². The van der Waals surface area contributed by atoms with E-state index >= 15 is 0 Å². The minimum atomic E-state index is 0.527. The number of methoxy groups -OCH3 is 1. The maximum Gasteiger partial charge on any atom is 0.119 e. The number of ether oxygens (including phenoxy) is 2. The topological polar surface area (TPSA) is 30.5 Å². The van der Waals surface area contributed by atoms with Gasteiger partial charge in [-0.1, -0.05) is 13.0 Å². The van der Waals surface area contributed by atoms with Gasteiger partial charge in [0.15, 0.2) is 0 Å². The largest absolute Gasteiger partial charge is 0.494 e. The van der Waals surface area contributed by atoms with Crippen molar-refractivity contribution in [2.75, 3.05) is 26.9 Å². The van der Waals surface area contributed by atoms with Gasteiger partial charge in [-0.05, 0) is 61.9 Å². The number of unbranched alkanes of at least 4 members (excludes halogenated alkanes) is 1. The SMILES string of the molecule is CCNC1CCCc2cc(OCCCCOC)ccc21. The van der Waals surface area contributed by atoms with Gasteiger partial charge in [0.1, 0.15) is 5.75 Å². The molecule has 1 aliphatic carbocycles. The van der Waals surface area contributed by atoms with Crippen LogP contribution in [-0.4, -0.2) is 26.9 Å². The molecular weight excluding hydrogens is 250 g/mol. The number of rotatable bonds is 8. The highest BCUT2D eigenvalue weighted by Gasteiger charge is 2.19. The number of fused-ring (bicyclic) bond motifs is 1. The van der Waals surface area contributed by atoms with Crippen molar-refractivity contribution in [2.24, 2.45) is 0 Å². The molecule has 20 heavy (non-hydrogen) atoms. The van der Waals surface area contributed by atoms with E-state index in [1.807, 2.05) is 0 Å². The first-order valence-corrected chi connectivity index (χ1v) is 7.83. The van der Waals surface area contributed by atoms with E-state index in [1.54, 1.807) is 7.11 Å². The average molecular weight is 277 g/mol. The van der Waals surface area contributed by atoms with Gasteiger partial charge in [0, 0.05) is 19.8 Å². The fourth-order valence-electron chi connectivity index (χ4n) is 2.88. The molecule has 0 radical (unpaired) electrons. The second-order valence-corrected chi connectivity index (χ2v) is 5.41. The molecule has 2 rings (SSSR count). The summed E-state index contributed by atoms with van der Waals surface area (Å²) < 4.78 is 10.9. The summed E-state index contributed by atoms with van der Waals surface area (Å²) in [5.74, 6) is 1.01. The van der Waals surface area contributed by atoms with Gasteiger partial charge in [-0.3, -0.25) is 0 Å². The van der Waals surface area contributed by atoms with Crippen LogP contribution in [0.1, 0.15) is 49.8 Å². The van der Waals surface area contributed by atoms with Gasteiger partial charge in [-0.25, -0.2) is 0 Å². The summed E-state index contributed by atoms with van der Waals surface area (Å²) in [5.41, 5.74) is 2.92. The maximum absolute atomic E-state index is 5.84. The van der Waals surface area contributed by atoms with Crippen LogP contribution >= 0.6 is 0 Å². The third kappa shape index (κ3) is 4.22. The van der Waals surface area contributed by atoms with Crippen LogP contribution in [0.4, 0.5) is 0 Å². The first kappa shape index (κ1) is 15.3. The summed E-state index contributed by atoms with van der Waals surface area (Å²) in [6.45, 7) is 4.80. The third-order valence-corrected chi connectivity index (χ3v) is 3.89. The molecule has 0 heterocycles. The fourth-order valence-corrected chi connectivity index (χ4v) is 2.88. The molecule has 0 spiro atoms. The van der Waals surface area contributed by atoms with Crippen LogP contribution in [0.5, 0.6) is 5.75 Å². The molecule has 1 aromatic carbocycles. The van der Waals surface area contributed by atoms with Crippen LogP contribution < -0.4 is 10.1 Å². The van der Waals surface area contributed by atoms with Crippen molar-refractivity contribution in [3.63, 3.8) is 0 Å². The molecule has 1 atom stereocenters. The van der Waals surface area contributed by atoms with E-state index < -0.39 is 0 Å². The Morgan fingerprint density at radius 2 is 2.10 bits per heavy atom. The standard InChI is InChI=1S/C17H27NO2/c1-3-18-17-8-6-7-14-13-15(9-10-16(14)17)20-12-5-4-11-19-2/h9-10,13,17-18H,3-8,11-12H2,1-2H3. The van der Waals surface area contributed by atoms with Gasteiger partial charge in [0.2, 0.25) is 0 Å². The Morgan fingerprint density at radius 1 is 1.25 bits per heavy atom. The summed E-state index contributed by atoms with van der Waals surface area (Å²) in [4.78, 5) is 0. The summed E-state index contributed by atoms with van der Waals surface area (Å²) in [7, 11) is 1.74. The molecule has 1 aliphatic rings. The van der Waals surface area contributed by atoms with Crippen LogP contribution in [0.2, 0.25) is 0 Å². The van der Waals surface area contributed by atoms with Crippen LogP contribution in [0.3, 0.4) is 0 Å². The Bertz CT molecular complexity index is 406. The van der Waals surface area contributed by atoms with E-state index in [-0.39, 0.29) is 0 Å². The normalized spacial score (nSPS) is 17.8. The highest BCUT2D eigenvalue weighted by atomic mass is 16.5. The van der Waals surface area contributed by atoms with Gasteiger partial charge in [0.25, 0.3) is 0 Å². The number of aryl methyl sites for hydroxylation is 1. The van der Waals surface area contributed by atoms with E-state index in [4.69, 9.17) is 9.47 Å². The number of nitrogens with one attached hydrogen (secondary N) is 1. The van der Waals surface area contributed by atoms with E-state index in [0.717, 1.165) is 38.3 Å². The number of hydrogen-bond donors (Lipinski definition) is 1. The average Bonchev–Trinajstić information content (AvgIpc) is 2.47.